The van der Waals surface area contributed by atoms with Crippen LogP contribution in [0.25, 0.3) is 0 Å². The van der Waals surface area contributed by atoms with Gasteiger partial charge in [0.05, 0.1) is 0 Å². The quantitative estimate of drug-likeness (QED) is 0.528. The Balaban J connectivity index is 2.00. The maximum absolute atomic E-state index is 4.58. The molecule has 26 heavy (non-hydrogen) atoms. The van der Waals surface area contributed by atoms with Crippen LogP contribution in [0.2, 0.25) is 0 Å². The number of nitrogens with one attached hydrogen (secondary N) is 1. The summed E-state index contributed by atoms with van der Waals surface area (Å²) in [6, 6.07) is 33.6. The molecule has 1 N–H and O–H groups in total. The van der Waals surface area contributed by atoms with Gasteiger partial charge in [-0.05, 0) is 16.7 Å². The molecule has 0 radical (unpaired) electrons. The van der Waals surface area contributed by atoms with Crippen molar-refractivity contribution in [2.24, 2.45) is 7.05 Å². The van der Waals surface area contributed by atoms with Gasteiger partial charge < -0.3 is 5.32 Å². The summed E-state index contributed by atoms with van der Waals surface area (Å²) in [6.07, 6.45) is 1.95. The van der Waals surface area contributed by atoms with Gasteiger partial charge in [-0.1, -0.05) is 91.0 Å². The van der Waals surface area contributed by atoms with Crippen LogP contribution in [0.15, 0.2) is 103 Å². The van der Waals surface area contributed by atoms with Gasteiger partial charge in [0.1, 0.15) is 11.4 Å². The Morgan fingerprint density at radius 3 is 1.42 bits per heavy atom. The van der Waals surface area contributed by atoms with E-state index in [2.05, 4.69) is 83.2 Å². The van der Waals surface area contributed by atoms with Gasteiger partial charge in [0, 0.05) is 19.3 Å². The molecule has 0 fully saturated rings. The van der Waals surface area contributed by atoms with E-state index >= 15 is 0 Å². The molecule has 0 atom stereocenters. The number of aromatic nitrogens is 2. The summed E-state index contributed by atoms with van der Waals surface area (Å²) in [5, 5.41) is 8.31. The maximum Gasteiger partial charge on any atom is 0.149 e. The van der Waals surface area contributed by atoms with Crippen molar-refractivity contribution in [3.63, 3.8) is 0 Å². The lowest BCUT2D eigenvalue weighted by atomic mass is 9.77. The summed E-state index contributed by atoms with van der Waals surface area (Å²) in [4.78, 5) is 0. The number of benzene rings is 3. The molecule has 1 heterocycles. The lowest BCUT2D eigenvalue weighted by Crippen LogP contribution is -2.38. The molecule has 4 aromatic rings. The zero-order valence-corrected chi connectivity index (χ0v) is 14.7. The molecule has 1 aromatic heterocycles. The summed E-state index contributed by atoms with van der Waals surface area (Å²) >= 11 is 0. The highest BCUT2D eigenvalue weighted by atomic mass is 15.3. The molecule has 3 aromatic carbocycles. The van der Waals surface area contributed by atoms with Crippen molar-refractivity contribution in [1.82, 2.24) is 9.78 Å². The summed E-state index contributed by atoms with van der Waals surface area (Å²) in [6.45, 7) is 0. The minimum absolute atomic E-state index is 0.530. The number of hydrogen-bond acceptors (Lipinski definition) is 2. The minimum Gasteiger partial charge on any atom is -0.351 e. The van der Waals surface area contributed by atoms with Gasteiger partial charge in [0.15, 0.2) is 0 Å². The van der Waals surface area contributed by atoms with E-state index in [1.54, 1.807) is 0 Å². The van der Waals surface area contributed by atoms with Gasteiger partial charge in [-0.2, -0.15) is 5.10 Å². The van der Waals surface area contributed by atoms with Crippen molar-refractivity contribution in [2.45, 2.75) is 5.54 Å². The largest absolute Gasteiger partial charge is 0.351 e. The fourth-order valence-electron chi connectivity index (χ4n) is 3.45. The highest BCUT2D eigenvalue weighted by Gasteiger charge is 2.36. The second-order valence-corrected chi connectivity index (χ2v) is 6.35. The van der Waals surface area contributed by atoms with Crippen molar-refractivity contribution in [1.29, 1.82) is 0 Å². The first kappa shape index (κ1) is 16.2. The van der Waals surface area contributed by atoms with Crippen LogP contribution in [-0.4, -0.2) is 9.78 Å². The SMILES string of the molecule is Cn1ccc(NC(c2ccccc2)(c2ccccc2)c2ccccc2)n1. The summed E-state index contributed by atoms with van der Waals surface area (Å²) < 4.78 is 1.81. The fourth-order valence-corrected chi connectivity index (χ4v) is 3.45. The Labute approximate surface area is 153 Å². The molecular weight excluding hydrogens is 318 g/mol. The predicted molar refractivity (Wildman–Crippen MR) is 106 cm³/mol. The number of hydrogen-bond donors (Lipinski definition) is 1. The zero-order valence-electron chi connectivity index (χ0n) is 14.7. The molecule has 3 heteroatoms. The number of anilines is 1. The average Bonchev–Trinajstić information content (AvgIpc) is 3.13. The van der Waals surface area contributed by atoms with E-state index < -0.39 is 5.54 Å². The van der Waals surface area contributed by atoms with Crippen molar-refractivity contribution >= 4 is 5.82 Å². The van der Waals surface area contributed by atoms with Crippen LogP contribution >= 0.6 is 0 Å². The summed E-state index contributed by atoms with van der Waals surface area (Å²) in [7, 11) is 1.93. The number of aryl methyl sites for hydroxylation is 1. The molecule has 0 amide bonds. The molecule has 3 nitrogen and oxygen atoms in total. The van der Waals surface area contributed by atoms with Crippen LogP contribution in [0.3, 0.4) is 0 Å². The van der Waals surface area contributed by atoms with Crippen LogP contribution in [0.5, 0.6) is 0 Å². The predicted octanol–water partition coefficient (Wildman–Crippen LogP) is 4.82. The lowest BCUT2D eigenvalue weighted by Gasteiger charge is -2.37. The molecule has 0 saturated carbocycles. The van der Waals surface area contributed by atoms with Crippen LogP contribution in [0, 0.1) is 0 Å². The number of nitrogens with zero attached hydrogens (tertiary/aromatic N) is 2. The molecule has 0 saturated heterocycles. The van der Waals surface area contributed by atoms with E-state index in [1.807, 2.05) is 42.2 Å². The standard InChI is InChI=1S/C23H21N3/c1-26-18-17-22(25-26)24-23(19-11-5-2-6-12-19,20-13-7-3-8-14-20)21-15-9-4-10-16-21/h2-18H,1H3,(H,24,25). The van der Waals surface area contributed by atoms with Gasteiger partial charge in [0.25, 0.3) is 0 Å². The van der Waals surface area contributed by atoms with E-state index in [-0.39, 0.29) is 0 Å². The Hall–Kier alpha value is -3.33. The molecule has 0 spiro atoms. The highest BCUT2D eigenvalue weighted by molar-refractivity contribution is 5.57. The van der Waals surface area contributed by atoms with E-state index in [0.717, 1.165) is 5.82 Å². The van der Waals surface area contributed by atoms with Crippen molar-refractivity contribution in [3.05, 3.63) is 120 Å². The van der Waals surface area contributed by atoms with Crippen molar-refractivity contribution < 1.29 is 0 Å². The van der Waals surface area contributed by atoms with Crippen LogP contribution < -0.4 is 5.32 Å². The normalized spacial score (nSPS) is 11.3. The Morgan fingerprint density at radius 1 is 0.654 bits per heavy atom. The Kier molecular flexibility index (Phi) is 4.28. The van der Waals surface area contributed by atoms with Gasteiger partial charge in [-0.25, -0.2) is 0 Å². The Bertz CT molecular complexity index is 863. The van der Waals surface area contributed by atoms with Crippen LogP contribution in [0.4, 0.5) is 5.82 Å². The summed E-state index contributed by atoms with van der Waals surface area (Å²) in [5.74, 6) is 0.837. The van der Waals surface area contributed by atoms with Gasteiger partial charge >= 0.3 is 0 Å². The molecule has 0 aliphatic rings. The van der Waals surface area contributed by atoms with Crippen molar-refractivity contribution in [3.8, 4) is 0 Å². The third kappa shape index (κ3) is 2.88. The molecule has 4 rings (SSSR count). The first-order valence-electron chi connectivity index (χ1n) is 8.73. The zero-order chi connectivity index (χ0) is 17.8. The minimum atomic E-state index is -0.530. The second-order valence-electron chi connectivity index (χ2n) is 6.35. The monoisotopic (exact) mass is 339 g/mol. The average molecular weight is 339 g/mol. The van der Waals surface area contributed by atoms with Gasteiger partial charge in [-0.15, -0.1) is 0 Å². The smallest absolute Gasteiger partial charge is 0.149 e. The Morgan fingerprint density at radius 2 is 1.08 bits per heavy atom. The topological polar surface area (TPSA) is 29.9 Å². The highest BCUT2D eigenvalue weighted by Crippen LogP contribution is 2.39. The fraction of sp³-hybridized carbons (Fsp3) is 0.0870. The lowest BCUT2D eigenvalue weighted by molar-refractivity contribution is 0.694. The van der Waals surface area contributed by atoms with E-state index in [9.17, 15) is 0 Å². The van der Waals surface area contributed by atoms with Crippen LogP contribution in [0.1, 0.15) is 16.7 Å². The third-order valence-corrected chi connectivity index (χ3v) is 4.65. The van der Waals surface area contributed by atoms with Gasteiger partial charge in [0.2, 0.25) is 0 Å². The van der Waals surface area contributed by atoms with E-state index in [4.69, 9.17) is 0 Å². The summed E-state index contributed by atoms with van der Waals surface area (Å²) in [5.41, 5.74) is 2.98. The third-order valence-electron chi connectivity index (χ3n) is 4.65. The number of rotatable bonds is 5. The second kappa shape index (κ2) is 6.89. The van der Waals surface area contributed by atoms with Crippen molar-refractivity contribution in [2.75, 3.05) is 5.32 Å². The molecule has 0 aliphatic carbocycles. The van der Waals surface area contributed by atoms with E-state index in [0.29, 0.717) is 0 Å². The first-order valence-corrected chi connectivity index (χ1v) is 8.73. The van der Waals surface area contributed by atoms with Crippen LogP contribution in [-0.2, 0) is 12.6 Å². The molecule has 0 unspecified atom stereocenters. The van der Waals surface area contributed by atoms with Gasteiger partial charge in [-0.3, -0.25) is 4.68 Å². The first-order chi connectivity index (χ1) is 12.8. The molecule has 0 aliphatic heterocycles. The maximum atomic E-state index is 4.58. The molecule has 128 valence electrons. The van der Waals surface area contributed by atoms with E-state index in [1.165, 1.54) is 16.7 Å². The molecule has 0 bridgehead atoms. The molecular formula is C23H21N3.